The van der Waals surface area contributed by atoms with E-state index in [9.17, 15) is 9.59 Å². The number of rotatable bonds is 14. The van der Waals surface area contributed by atoms with Crippen molar-refractivity contribution in [3.63, 3.8) is 0 Å². The summed E-state index contributed by atoms with van der Waals surface area (Å²) in [5, 5.41) is 24.2. The van der Waals surface area contributed by atoms with E-state index in [1.54, 1.807) is 12.4 Å². The number of aromatic nitrogens is 4. The number of amides is 1. The van der Waals surface area contributed by atoms with Gasteiger partial charge in [0.2, 0.25) is 0 Å². The summed E-state index contributed by atoms with van der Waals surface area (Å²) in [4.78, 5) is 43.7. The number of carbonyl (C=O) groups excluding carboxylic acids is 2. The van der Waals surface area contributed by atoms with Crippen molar-refractivity contribution >= 4 is 17.4 Å². The van der Waals surface area contributed by atoms with Gasteiger partial charge in [-0.15, -0.1) is 0 Å². The van der Waals surface area contributed by atoms with Crippen LogP contribution in [0.2, 0.25) is 0 Å². The fourth-order valence-corrected chi connectivity index (χ4v) is 5.03. The molecule has 4 N–H and O–H groups in total. The highest BCUT2D eigenvalue weighted by atomic mass is 16.3. The largest absolute Gasteiger partial charge is 0.396 e. The van der Waals surface area contributed by atoms with E-state index in [4.69, 9.17) is 10.2 Å². The molecular formula is C34H40N6O4. The van der Waals surface area contributed by atoms with Gasteiger partial charge in [0.1, 0.15) is 11.4 Å². The average Bonchev–Trinajstić information content (AvgIpc) is 3.04. The summed E-state index contributed by atoms with van der Waals surface area (Å²) in [5.74, 6) is -0.343. The molecule has 0 aliphatic carbocycles. The van der Waals surface area contributed by atoms with E-state index in [1.807, 2.05) is 64.1 Å². The highest BCUT2D eigenvalue weighted by Crippen LogP contribution is 2.32. The lowest BCUT2D eigenvalue weighted by Gasteiger charge is -2.16. The van der Waals surface area contributed by atoms with E-state index >= 15 is 0 Å². The van der Waals surface area contributed by atoms with Gasteiger partial charge in [-0.3, -0.25) is 19.6 Å². The summed E-state index contributed by atoms with van der Waals surface area (Å²) in [7, 11) is 0. The van der Waals surface area contributed by atoms with E-state index in [-0.39, 0.29) is 49.0 Å². The molecule has 0 aliphatic heterocycles. The Balaban J connectivity index is 1.48. The van der Waals surface area contributed by atoms with Gasteiger partial charge in [0, 0.05) is 43.4 Å². The van der Waals surface area contributed by atoms with Crippen molar-refractivity contribution in [2.24, 2.45) is 0 Å². The molecule has 4 rings (SSSR count). The second-order valence-corrected chi connectivity index (χ2v) is 10.9. The molecule has 1 amide bonds. The fraction of sp³-hybridized carbons (Fsp3) is 0.353. The Kier molecular flexibility index (Phi) is 11.4. The molecule has 0 saturated carbocycles. The molecule has 10 nitrogen and oxygen atoms in total. The van der Waals surface area contributed by atoms with Gasteiger partial charge in [0.25, 0.3) is 5.91 Å². The number of hydrogen-bond acceptors (Lipinski definition) is 9. The quantitative estimate of drug-likeness (QED) is 0.151. The number of ketones is 1. The molecule has 230 valence electrons. The molecule has 0 saturated heterocycles. The lowest BCUT2D eigenvalue weighted by molar-refractivity contribution is 0.0985. The molecule has 4 aromatic rings. The van der Waals surface area contributed by atoms with E-state index in [1.165, 1.54) is 12.4 Å². The van der Waals surface area contributed by atoms with E-state index < -0.39 is 0 Å². The Morgan fingerprint density at radius 2 is 1.45 bits per heavy atom. The van der Waals surface area contributed by atoms with E-state index in [0.29, 0.717) is 30.0 Å². The molecule has 0 aliphatic rings. The van der Waals surface area contributed by atoms with Gasteiger partial charge in [-0.05, 0) is 67.5 Å². The van der Waals surface area contributed by atoms with Gasteiger partial charge in [-0.25, -0.2) is 9.97 Å². The predicted molar refractivity (Wildman–Crippen MR) is 170 cm³/mol. The highest BCUT2D eigenvalue weighted by molar-refractivity contribution is 6.03. The molecule has 0 radical (unpaired) electrons. The molecule has 2 unspecified atom stereocenters. The standard InChI is InChI=1S/C34H40N6O4/c1-21(8-7-14-41)29-17-39-32(20-36-29)34(44)40-28-12-6-11-27(23(28)3)26-10-5-9-25(22(26)2)16-33(43)31-19-37-30(18-38-31)24(4)35-13-15-42/h5-6,9-12,17-21,24,35,41-42H,7-8,13-16H2,1-4H3,(H,40,44). The van der Waals surface area contributed by atoms with Gasteiger partial charge in [0.05, 0.1) is 36.6 Å². The van der Waals surface area contributed by atoms with Gasteiger partial charge in [-0.2, -0.15) is 0 Å². The summed E-state index contributed by atoms with van der Waals surface area (Å²) in [6, 6.07) is 11.5. The number of anilines is 1. The Labute approximate surface area is 258 Å². The second-order valence-electron chi connectivity index (χ2n) is 10.9. The van der Waals surface area contributed by atoms with Crippen LogP contribution in [0.25, 0.3) is 11.1 Å². The van der Waals surface area contributed by atoms with Gasteiger partial charge >= 0.3 is 0 Å². The number of aliphatic hydroxyl groups excluding tert-OH is 2. The van der Waals surface area contributed by atoms with Gasteiger partial charge < -0.3 is 20.8 Å². The third-order valence-corrected chi connectivity index (χ3v) is 7.84. The van der Waals surface area contributed by atoms with Crippen LogP contribution in [0.3, 0.4) is 0 Å². The first-order chi connectivity index (χ1) is 21.2. The molecule has 0 bridgehead atoms. The molecule has 2 atom stereocenters. The van der Waals surface area contributed by atoms with Crippen molar-refractivity contribution < 1.29 is 19.8 Å². The second kappa shape index (κ2) is 15.4. The maximum atomic E-state index is 13.1. The Hall–Kier alpha value is -4.38. The summed E-state index contributed by atoms with van der Waals surface area (Å²) < 4.78 is 0. The van der Waals surface area contributed by atoms with Crippen molar-refractivity contribution in [2.45, 2.75) is 58.9 Å². The SMILES string of the molecule is Cc1c(CC(=O)c2cnc(C(C)NCCO)cn2)cccc1-c1cccc(NC(=O)c2cnc(C(C)CCCO)cn2)c1C. The fourth-order valence-electron chi connectivity index (χ4n) is 5.03. The third-order valence-electron chi connectivity index (χ3n) is 7.84. The molecule has 2 aromatic carbocycles. The Bertz CT molecular complexity index is 1460. The monoisotopic (exact) mass is 596 g/mol. The van der Waals surface area contributed by atoms with Crippen LogP contribution in [0.15, 0.2) is 61.2 Å². The Morgan fingerprint density at radius 1 is 0.795 bits per heavy atom. The molecule has 0 spiro atoms. The van der Waals surface area contributed by atoms with Crippen molar-refractivity contribution in [3.05, 3.63) is 101 Å². The summed E-state index contributed by atoms with van der Waals surface area (Å²) in [6.07, 6.45) is 7.85. The number of nitrogens with zero attached hydrogens (tertiary/aromatic N) is 4. The maximum absolute atomic E-state index is 13.1. The van der Waals surface area contributed by atoms with Crippen molar-refractivity contribution in [3.8, 4) is 11.1 Å². The first-order valence-electron chi connectivity index (χ1n) is 14.9. The number of aliphatic hydroxyl groups is 2. The first kappa shape index (κ1) is 32.5. The summed E-state index contributed by atoms with van der Waals surface area (Å²) in [5.41, 5.74) is 7.31. The molecule has 2 aromatic heterocycles. The number of carbonyl (C=O) groups is 2. The van der Waals surface area contributed by atoms with Crippen molar-refractivity contribution in [1.82, 2.24) is 25.3 Å². The number of hydrogen-bond donors (Lipinski definition) is 4. The summed E-state index contributed by atoms with van der Waals surface area (Å²) >= 11 is 0. The van der Waals surface area contributed by atoms with Crippen LogP contribution in [0.1, 0.15) is 87.7 Å². The molecular weight excluding hydrogens is 556 g/mol. The average molecular weight is 597 g/mol. The van der Waals surface area contributed by atoms with E-state index in [0.717, 1.165) is 39.9 Å². The zero-order chi connectivity index (χ0) is 31.6. The van der Waals surface area contributed by atoms with Gasteiger partial charge in [0.15, 0.2) is 5.78 Å². The van der Waals surface area contributed by atoms with E-state index in [2.05, 4.69) is 30.6 Å². The molecule has 44 heavy (non-hydrogen) atoms. The third kappa shape index (κ3) is 7.96. The predicted octanol–water partition coefficient (Wildman–Crippen LogP) is 4.75. The smallest absolute Gasteiger partial charge is 0.275 e. The minimum Gasteiger partial charge on any atom is -0.396 e. The zero-order valence-electron chi connectivity index (χ0n) is 25.7. The lowest BCUT2D eigenvalue weighted by Crippen LogP contribution is -2.23. The number of nitrogens with one attached hydrogen (secondary N) is 2. The van der Waals surface area contributed by atoms with Crippen LogP contribution in [0.5, 0.6) is 0 Å². The Morgan fingerprint density at radius 3 is 2.11 bits per heavy atom. The first-order valence-corrected chi connectivity index (χ1v) is 14.9. The van der Waals surface area contributed by atoms with Crippen LogP contribution in [0, 0.1) is 13.8 Å². The topological polar surface area (TPSA) is 150 Å². The maximum Gasteiger partial charge on any atom is 0.275 e. The molecule has 0 fully saturated rings. The van der Waals surface area contributed by atoms with Crippen LogP contribution >= 0.6 is 0 Å². The minimum atomic E-state index is -0.353. The normalized spacial score (nSPS) is 12.5. The summed E-state index contributed by atoms with van der Waals surface area (Å²) in [6.45, 7) is 8.50. The van der Waals surface area contributed by atoms with Crippen LogP contribution in [0.4, 0.5) is 5.69 Å². The van der Waals surface area contributed by atoms with Crippen LogP contribution in [-0.4, -0.2) is 61.6 Å². The minimum absolute atomic E-state index is 0.0298. The zero-order valence-corrected chi connectivity index (χ0v) is 25.7. The van der Waals surface area contributed by atoms with Gasteiger partial charge in [-0.1, -0.05) is 37.3 Å². The van der Waals surface area contributed by atoms with Crippen molar-refractivity contribution in [1.29, 1.82) is 0 Å². The number of Topliss-reactive ketones (excluding diaryl/α,β-unsaturated/α-hetero) is 1. The van der Waals surface area contributed by atoms with Crippen LogP contribution in [-0.2, 0) is 6.42 Å². The highest BCUT2D eigenvalue weighted by Gasteiger charge is 2.17. The number of benzene rings is 2. The lowest BCUT2D eigenvalue weighted by atomic mass is 9.91. The molecule has 2 heterocycles. The molecule has 10 heteroatoms. The van der Waals surface area contributed by atoms with Crippen LogP contribution < -0.4 is 10.6 Å². The van der Waals surface area contributed by atoms with Crippen molar-refractivity contribution in [2.75, 3.05) is 25.1 Å².